The maximum atomic E-state index is 12.4. The molecule has 2 saturated heterocycles. The largest absolute Gasteiger partial charge is 0.342 e. The van der Waals surface area contributed by atoms with Crippen molar-refractivity contribution in [2.75, 3.05) is 57.7 Å². The molecule has 2 aliphatic rings. The predicted octanol–water partition coefficient (Wildman–Crippen LogP) is 1.54. The molecular formula is C20H33N5O3. The van der Waals surface area contributed by atoms with Gasteiger partial charge in [-0.25, -0.2) is 0 Å². The number of anilines is 1. The van der Waals surface area contributed by atoms with E-state index in [0.29, 0.717) is 19.0 Å². The van der Waals surface area contributed by atoms with E-state index in [4.69, 9.17) is 4.52 Å². The monoisotopic (exact) mass is 391 g/mol. The molecule has 0 radical (unpaired) electrons. The molecule has 2 aliphatic heterocycles. The molecule has 28 heavy (non-hydrogen) atoms. The maximum absolute atomic E-state index is 12.4. The third-order valence-electron chi connectivity index (χ3n) is 5.44. The molecule has 0 saturated carbocycles. The molecular weight excluding hydrogens is 358 g/mol. The smallest absolute Gasteiger partial charge is 0.240 e. The Morgan fingerprint density at radius 1 is 1.00 bits per heavy atom. The van der Waals surface area contributed by atoms with Crippen molar-refractivity contribution >= 4 is 17.7 Å². The molecule has 0 aliphatic carbocycles. The number of likely N-dealkylation sites (tertiary alicyclic amines) is 1. The van der Waals surface area contributed by atoms with Crippen molar-refractivity contribution in [3.05, 3.63) is 11.8 Å². The minimum atomic E-state index is -0.117. The molecule has 2 amide bonds. The Bertz CT molecular complexity index is 668. The quantitative estimate of drug-likeness (QED) is 0.820. The number of piperazine rings is 1. The summed E-state index contributed by atoms with van der Waals surface area (Å²) in [6.07, 6.45) is 3.48. The van der Waals surface area contributed by atoms with Gasteiger partial charge in [0, 0.05) is 50.7 Å². The SMILES string of the molecule is CC(C)(C)c1cc(NC(=O)CN2CCN(CC(=O)N3CCCCC3)CC2)on1. The second kappa shape index (κ2) is 9.05. The van der Waals surface area contributed by atoms with Gasteiger partial charge >= 0.3 is 0 Å². The zero-order chi connectivity index (χ0) is 20.1. The van der Waals surface area contributed by atoms with Gasteiger partial charge in [0.15, 0.2) is 0 Å². The topological polar surface area (TPSA) is 81.9 Å². The second-order valence-corrected chi connectivity index (χ2v) is 8.87. The molecule has 0 unspecified atom stereocenters. The van der Waals surface area contributed by atoms with E-state index in [1.54, 1.807) is 6.07 Å². The van der Waals surface area contributed by atoms with Gasteiger partial charge in [0.25, 0.3) is 0 Å². The van der Waals surface area contributed by atoms with Crippen LogP contribution in [0.15, 0.2) is 10.6 Å². The summed E-state index contributed by atoms with van der Waals surface area (Å²) in [5, 5.41) is 6.80. The van der Waals surface area contributed by atoms with E-state index < -0.39 is 0 Å². The van der Waals surface area contributed by atoms with Gasteiger partial charge in [-0.2, -0.15) is 0 Å². The Balaban J connectivity index is 1.38. The molecule has 2 fully saturated rings. The van der Waals surface area contributed by atoms with Crippen LogP contribution in [0.4, 0.5) is 5.88 Å². The van der Waals surface area contributed by atoms with Crippen LogP contribution >= 0.6 is 0 Å². The van der Waals surface area contributed by atoms with Crippen molar-refractivity contribution in [1.29, 1.82) is 0 Å². The number of carbonyl (C=O) groups excluding carboxylic acids is 2. The molecule has 1 aromatic rings. The molecule has 1 aromatic heterocycles. The van der Waals surface area contributed by atoms with Crippen molar-refractivity contribution in [2.45, 2.75) is 45.4 Å². The van der Waals surface area contributed by atoms with Crippen molar-refractivity contribution in [3.8, 4) is 0 Å². The van der Waals surface area contributed by atoms with Crippen LogP contribution < -0.4 is 5.32 Å². The predicted molar refractivity (Wildman–Crippen MR) is 107 cm³/mol. The van der Waals surface area contributed by atoms with Gasteiger partial charge in [0.1, 0.15) is 0 Å². The fourth-order valence-corrected chi connectivity index (χ4v) is 3.61. The third kappa shape index (κ3) is 5.78. The van der Waals surface area contributed by atoms with Crippen LogP contribution in [0.5, 0.6) is 0 Å². The van der Waals surface area contributed by atoms with Crippen LogP contribution in [0.2, 0.25) is 0 Å². The molecule has 1 N–H and O–H groups in total. The Kier molecular flexibility index (Phi) is 6.72. The minimum absolute atomic E-state index is 0.102. The zero-order valence-electron chi connectivity index (χ0n) is 17.4. The third-order valence-corrected chi connectivity index (χ3v) is 5.44. The number of nitrogens with one attached hydrogen (secondary N) is 1. The van der Waals surface area contributed by atoms with Gasteiger partial charge in [-0.15, -0.1) is 0 Å². The Hall–Kier alpha value is -1.93. The molecule has 0 aromatic carbocycles. The first-order chi connectivity index (χ1) is 13.3. The first kappa shape index (κ1) is 20.8. The number of nitrogens with zero attached hydrogens (tertiary/aromatic N) is 4. The Morgan fingerprint density at radius 2 is 1.61 bits per heavy atom. The summed E-state index contributed by atoms with van der Waals surface area (Å²) in [6.45, 7) is 11.9. The molecule has 8 nitrogen and oxygen atoms in total. The van der Waals surface area contributed by atoms with Crippen LogP contribution in [0.25, 0.3) is 0 Å². The van der Waals surface area contributed by atoms with E-state index >= 15 is 0 Å². The molecule has 0 spiro atoms. The molecule has 156 valence electrons. The fraction of sp³-hybridized carbons (Fsp3) is 0.750. The highest BCUT2D eigenvalue weighted by Gasteiger charge is 2.24. The number of piperidine rings is 1. The zero-order valence-corrected chi connectivity index (χ0v) is 17.4. The Labute approximate surface area is 167 Å². The maximum Gasteiger partial charge on any atom is 0.240 e. The summed E-state index contributed by atoms with van der Waals surface area (Å²) in [6, 6.07) is 1.78. The van der Waals surface area contributed by atoms with Gasteiger partial charge in [0.05, 0.1) is 18.8 Å². The van der Waals surface area contributed by atoms with Crippen LogP contribution in [0.1, 0.15) is 45.7 Å². The van der Waals surface area contributed by atoms with E-state index in [2.05, 4.69) is 20.3 Å². The number of rotatable bonds is 5. The first-order valence-corrected chi connectivity index (χ1v) is 10.3. The Morgan fingerprint density at radius 3 is 2.18 bits per heavy atom. The molecule has 0 atom stereocenters. The van der Waals surface area contributed by atoms with Gasteiger partial charge in [-0.05, 0) is 19.3 Å². The normalized spacial score (nSPS) is 19.6. The van der Waals surface area contributed by atoms with Crippen LogP contribution in [0.3, 0.4) is 0 Å². The van der Waals surface area contributed by atoms with Gasteiger partial charge in [-0.1, -0.05) is 25.9 Å². The number of hydrogen-bond acceptors (Lipinski definition) is 6. The summed E-state index contributed by atoms with van der Waals surface area (Å²) in [4.78, 5) is 31.0. The van der Waals surface area contributed by atoms with E-state index in [9.17, 15) is 9.59 Å². The number of carbonyl (C=O) groups is 2. The highest BCUT2D eigenvalue weighted by atomic mass is 16.5. The summed E-state index contributed by atoms with van der Waals surface area (Å²) >= 11 is 0. The molecule has 3 heterocycles. The van der Waals surface area contributed by atoms with Gasteiger partial charge < -0.3 is 9.42 Å². The standard InChI is InChI=1S/C20H33N5O3/c1-20(2,3)16-13-18(28-22-16)21-17(26)14-23-9-11-24(12-10-23)15-19(27)25-7-5-4-6-8-25/h13H,4-12,14-15H2,1-3H3,(H,21,26). The van der Waals surface area contributed by atoms with E-state index in [-0.39, 0.29) is 17.2 Å². The lowest BCUT2D eigenvalue weighted by Gasteiger charge is -2.35. The summed E-state index contributed by atoms with van der Waals surface area (Å²) in [5.74, 6) is 0.529. The lowest BCUT2D eigenvalue weighted by Crippen LogP contribution is -2.51. The molecule has 8 heteroatoms. The summed E-state index contributed by atoms with van der Waals surface area (Å²) < 4.78 is 5.22. The lowest BCUT2D eigenvalue weighted by molar-refractivity contribution is -0.134. The fourth-order valence-electron chi connectivity index (χ4n) is 3.61. The average molecular weight is 392 g/mol. The van der Waals surface area contributed by atoms with Crippen molar-refractivity contribution < 1.29 is 14.1 Å². The summed E-state index contributed by atoms with van der Waals surface area (Å²) in [5.41, 5.74) is 0.698. The minimum Gasteiger partial charge on any atom is -0.342 e. The second-order valence-electron chi connectivity index (χ2n) is 8.87. The van der Waals surface area contributed by atoms with Gasteiger partial charge in [-0.3, -0.25) is 24.7 Å². The van der Waals surface area contributed by atoms with E-state index in [1.165, 1.54) is 6.42 Å². The van der Waals surface area contributed by atoms with Crippen molar-refractivity contribution in [1.82, 2.24) is 19.9 Å². The average Bonchev–Trinajstić information content (AvgIpc) is 3.13. The van der Waals surface area contributed by atoms with E-state index in [1.807, 2.05) is 25.7 Å². The lowest BCUT2D eigenvalue weighted by atomic mass is 9.92. The number of aromatic nitrogens is 1. The first-order valence-electron chi connectivity index (χ1n) is 10.3. The summed E-state index contributed by atoms with van der Waals surface area (Å²) in [7, 11) is 0. The van der Waals surface area contributed by atoms with Gasteiger partial charge in [0.2, 0.25) is 17.7 Å². The van der Waals surface area contributed by atoms with Crippen LogP contribution in [-0.4, -0.2) is 84.0 Å². The van der Waals surface area contributed by atoms with E-state index in [0.717, 1.165) is 57.8 Å². The molecule has 0 bridgehead atoms. The van der Waals surface area contributed by atoms with Crippen molar-refractivity contribution in [3.63, 3.8) is 0 Å². The highest BCUT2D eigenvalue weighted by Crippen LogP contribution is 2.23. The molecule has 3 rings (SSSR count). The number of hydrogen-bond donors (Lipinski definition) is 1. The van der Waals surface area contributed by atoms with Crippen LogP contribution in [-0.2, 0) is 15.0 Å². The van der Waals surface area contributed by atoms with Crippen LogP contribution in [0, 0.1) is 0 Å². The van der Waals surface area contributed by atoms with Crippen molar-refractivity contribution in [2.24, 2.45) is 0 Å². The highest BCUT2D eigenvalue weighted by molar-refractivity contribution is 5.91. The number of amides is 2.